The molecule has 1 heterocycles. The summed E-state index contributed by atoms with van der Waals surface area (Å²) >= 11 is 0. The van der Waals surface area contributed by atoms with Gasteiger partial charge in [0.15, 0.2) is 0 Å². The maximum Gasteiger partial charge on any atom is 0.338 e. The molecule has 1 aromatic rings. The average molecular weight is 451 g/mol. The number of esters is 2. The Hall–Kier alpha value is -2.61. The van der Waals surface area contributed by atoms with Gasteiger partial charge in [-0.1, -0.05) is 12.8 Å². The molecule has 1 aliphatic heterocycles. The molecule has 0 spiro atoms. The molecule has 0 amide bonds. The minimum Gasteiger partial charge on any atom is -0.481 e. The number of aliphatic carboxylic acids is 1. The van der Waals surface area contributed by atoms with Crippen LogP contribution in [0.2, 0.25) is 0 Å². The molecular formula is C24H38N2O6. The number of anilines is 1. The minimum atomic E-state index is -0.757. The van der Waals surface area contributed by atoms with Crippen LogP contribution < -0.4 is 10.6 Å². The molecule has 0 bridgehead atoms. The molecule has 1 fully saturated rings. The molecule has 3 N–H and O–H groups in total. The predicted molar refractivity (Wildman–Crippen MR) is 124 cm³/mol. The van der Waals surface area contributed by atoms with E-state index in [1.165, 1.54) is 7.11 Å². The summed E-state index contributed by atoms with van der Waals surface area (Å²) in [5.74, 6) is -1.23. The van der Waals surface area contributed by atoms with Gasteiger partial charge in [0.25, 0.3) is 0 Å². The van der Waals surface area contributed by atoms with Crippen molar-refractivity contribution in [2.24, 2.45) is 5.73 Å². The Balaban J connectivity index is 0.000000347. The van der Waals surface area contributed by atoms with Crippen molar-refractivity contribution in [1.82, 2.24) is 0 Å². The van der Waals surface area contributed by atoms with E-state index < -0.39 is 11.6 Å². The lowest BCUT2D eigenvalue weighted by molar-refractivity contribution is -0.141. The number of benzene rings is 1. The molecule has 8 heteroatoms. The molecule has 0 aliphatic carbocycles. The lowest BCUT2D eigenvalue weighted by Gasteiger charge is -2.20. The first-order valence-corrected chi connectivity index (χ1v) is 11.1. The van der Waals surface area contributed by atoms with Crippen LogP contribution in [0.4, 0.5) is 5.69 Å². The van der Waals surface area contributed by atoms with E-state index in [9.17, 15) is 14.4 Å². The third-order valence-electron chi connectivity index (χ3n) is 4.84. The summed E-state index contributed by atoms with van der Waals surface area (Å²) in [7, 11) is 1.37. The van der Waals surface area contributed by atoms with Crippen molar-refractivity contribution >= 4 is 23.6 Å². The van der Waals surface area contributed by atoms with Crippen molar-refractivity contribution in [3.63, 3.8) is 0 Å². The standard InChI is InChI=1S/C15H22N2O2.C9H16O4/c1-15(2,3)19-14(18)11-4-6-13(7-5-11)17-9-8-12(16)10-17;1-13-9(12)7-5-3-2-4-6-8(10)11/h4-7,12H,8-10,16H2,1-3H3;2-7H2,1H3,(H,10,11)/t12-;/m0./s1. The summed E-state index contributed by atoms with van der Waals surface area (Å²) in [6, 6.07) is 7.79. The van der Waals surface area contributed by atoms with Crippen LogP contribution in [-0.4, -0.2) is 54.9 Å². The Bertz CT molecular complexity index is 727. The van der Waals surface area contributed by atoms with Gasteiger partial charge in [-0.05, 0) is 64.3 Å². The van der Waals surface area contributed by atoms with Crippen LogP contribution in [0.5, 0.6) is 0 Å². The Morgan fingerprint density at radius 3 is 2.12 bits per heavy atom. The second-order valence-corrected chi connectivity index (χ2v) is 8.93. The summed E-state index contributed by atoms with van der Waals surface area (Å²) in [6.45, 7) is 7.46. The lowest BCUT2D eigenvalue weighted by Crippen LogP contribution is -2.26. The van der Waals surface area contributed by atoms with Crippen LogP contribution in [0.25, 0.3) is 0 Å². The summed E-state index contributed by atoms with van der Waals surface area (Å²) in [5.41, 5.74) is 7.13. The molecule has 0 aromatic heterocycles. The van der Waals surface area contributed by atoms with Gasteiger partial charge in [0.2, 0.25) is 0 Å². The van der Waals surface area contributed by atoms with Crippen molar-refractivity contribution in [2.75, 3.05) is 25.1 Å². The number of methoxy groups -OCH3 is 1. The Morgan fingerprint density at radius 2 is 1.66 bits per heavy atom. The molecule has 1 saturated heterocycles. The van der Waals surface area contributed by atoms with E-state index in [1.54, 1.807) is 0 Å². The van der Waals surface area contributed by atoms with Gasteiger partial charge in [0, 0.05) is 37.7 Å². The molecule has 2 rings (SSSR count). The van der Waals surface area contributed by atoms with Gasteiger partial charge in [0.05, 0.1) is 12.7 Å². The van der Waals surface area contributed by atoms with E-state index >= 15 is 0 Å². The minimum absolute atomic E-state index is 0.196. The summed E-state index contributed by atoms with van der Waals surface area (Å²) < 4.78 is 9.80. The lowest BCUT2D eigenvalue weighted by atomic mass is 10.1. The van der Waals surface area contributed by atoms with Crippen molar-refractivity contribution in [3.8, 4) is 0 Å². The zero-order valence-corrected chi connectivity index (χ0v) is 19.8. The summed E-state index contributed by atoms with van der Waals surface area (Å²) in [6.07, 6.45) is 4.91. The molecule has 180 valence electrons. The zero-order valence-electron chi connectivity index (χ0n) is 19.8. The van der Waals surface area contributed by atoms with E-state index in [0.29, 0.717) is 18.4 Å². The number of carboxylic acids is 1. The number of hydrogen-bond donors (Lipinski definition) is 2. The van der Waals surface area contributed by atoms with Gasteiger partial charge in [0.1, 0.15) is 5.60 Å². The number of ether oxygens (including phenoxy) is 2. The highest BCUT2D eigenvalue weighted by Gasteiger charge is 2.21. The first-order chi connectivity index (χ1) is 15.0. The maximum absolute atomic E-state index is 11.9. The number of carboxylic acid groups (broad SMARTS) is 1. The molecule has 0 saturated carbocycles. The Morgan fingerprint density at radius 1 is 1.06 bits per heavy atom. The van der Waals surface area contributed by atoms with E-state index in [1.807, 2.05) is 45.0 Å². The number of nitrogens with zero attached hydrogens (tertiary/aromatic N) is 1. The van der Waals surface area contributed by atoms with Crippen molar-refractivity contribution in [1.29, 1.82) is 0 Å². The third-order valence-corrected chi connectivity index (χ3v) is 4.84. The van der Waals surface area contributed by atoms with Gasteiger partial charge in [-0.25, -0.2) is 4.79 Å². The molecule has 32 heavy (non-hydrogen) atoms. The summed E-state index contributed by atoms with van der Waals surface area (Å²) in [5, 5.41) is 8.32. The number of hydrogen-bond acceptors (Lipinski definition) is 7. The first-order valence-electron chi connectivity index (χ1n) is 11.1. The Kier molecular flexibility index (Phi) is 11.8. The fourth-order valence-corrected chi connectivity index (χ4v) is 3.17. The number of rotatable bonds is 9. The van der Waals surface area contributed by atoms with Crippen molar-refractivity contribution < 1.29 is 29.0 Å². The summed E-state index contributed by atoms with van der Waals surface area (Å²) in [4.78, 5) is 34.9. The van der Waals surface area contributed by atoms with Crippen LogP contribution in [0.1, 0.15) is 76.1 Å². The monoisotopic (exact) mass is 450 g/mol. The average Bonchev–Trinajstić information content (AvgIpc) is 3.16. The quantitative estimate of drug-likeness (QED) is 0.431. The zero-order chi connectivity index (χ0) is 24.1. The fourth-order valence-electron chi connectivity index (χ4n) is 3.17. The van der Waals surface area contributed by atoms with Crippen LogP contribution in [0.15, 0.2) is 24.3 Å². The number of carbonyl (C=O) groups is 3. The molecular weight excluding hydrogens is 412 g/mol. The van der Waals surface area contributed by atoms with Gasteiger partial charge < -0.3 is 25.2 Å². The highest BCUT2D eigenvalue weighted by Crippen LogP contribution is 2.21. The first kappa shape index (κ1) is 27.4. The second-order valence-electron chi connectivity index (χ2n) is 8.93. The molecule has 1 atom stereocenters. The second kappa shape index (κ2) is 13.7. The molecule has 1 aliphatic rings. The number of unbranched alkanes of at least 4 members (excludes halogenated alkanes) is 3. The smallest absolute Gasteiger partial charge is 0.338 e. The topological polar surface area (TPSA) is 119 Å². The van der Waals surface area contributed by atoms with Crippen molar-refractivity contribution in [2.45, 2.75) is 77.4 Å². The highest BCUT2D eigenvalue weighted by atomic mass is 16.6. The van der Waals surface area contributed by atoms with Gasteiger partial charge in [-0.3, -0.25) is 9.59 Å². The number of carbonyl (C=O) groups excluding carboxylic acids is 2. The SMILES string of the molecule is CC(C)(C)OC(=O)c1ccc(N2CC[C@H](N)C2)cc1.COC(=O)CCCCCCC(=O)O. The number of nitrogens with two attached hydrogens (primary N) is 1. The predicted octanol–water partition coefficient (Wildman–Crippen LogP) is 3.76. The van der Waals surface area contributed by atoms with Crippen LogP contribution in [-0.2, 0) is 19.1 Å². The molecule has 0 radical (unpaired) electrons. The van der Waals surface area contributed by atoms with Gasteiger partial charge in [-0.15, -0.1) is 0 Å². The van der Waals surface area contributed by atoms with E-state index in [2.05, 4.69) is 9.64 Å². The molecule has 1 aromatic carbocycles. The van der Waals surface area contributed by atoms with Crippen molar-refractivity contribution in [3.05, 3.63) is 29.8 Å². The normalized spacial score (nSPS) is 15.5. The Labute approximate surface area is 191 Å². The molecule has 0 unspecified atom stereocenters. The van der Waals surface area contributed by atoms with Crippen LogP contribution in [0.3, 0.4) is 0 Å². The van der Waals surface area contributed by atoms with E-state index in [0.717, 1.165) is 44.5 Å². The van der Waals surface area contributed by atoms with E-state index in [4.69, 9.17) is 15.6 Å². The highest BCUT2D eigenvalue weighted by molar-refractivity contribution is 5.90. The van der Waals surface area contributed by atoms with E-state index in [-0.39, 0.29) is 24.4 Å². The van der Waals surface area contributed by atoms with Gasteiger partial charge in [-0.2, -0.15) is 0 Å². The fraction of sp³-hybridized carbons (Fsp3) is 0.625. The largest absolute Gasteiger partial charge is 0.481 e. The third kappa shape index (κ3) is 11.7. The maximum atomic E-state index is 11.9. The van der Waals surface area contributed by atoms with Crippen LogP contribution in [0, 0.1) is 0 Å². The van der Waals surface area contributed by atoms with Gasteiger partial charge >= 0.3 is 17.9 Å². The van der Waals surface area contributed by atoms with Crippen LogP contribution >= 0.6 is 0 Å². The molecule has 8 nitrogen and oxygen atoms in total.